The number of benzene rings is 3. The summed E-state index contributed by atoms with van der Waals surface area (Å²) in [6.07, 6.45) is 0.972. The molecule has 0 unspecified atom stereocenters. The molecule has 0 aliphatic heterocycles. The maximum Gasteiger partial charge on any atom is 0.407 e. The fourth-order valence-electron chi connectivity index (χ4n) is 5.90. The molecule has 5 rings (SSSR count). The summed E-state index contributed by atoms with van der Waals surface area (Å²) in [5.41, 5.74) is 5.39. The number of alkyl carbamates (subject to hydrolysis) is 1. The van der Waals surface area contributed by atoms with Gasteiger partial charge in [0.05, 0.1) is 18.6 Å². The van der Waals surface area contributed by atoms with E-state index < -0.39 is 36.0 Å². The van der Waals surface area contributed by atoms with Crippen LogP contribution in [-0.4, -0.2) is 47.9 Å². The minimum Gasteiger partial charge on any atom is -0.481 e. The maximum atomic E-state index is 13.5. The van der Waals surface area contributed by atoms with Gasteiger partial charge in [0.25, 0.3) is 0 Å². The molecule has 0 spiro atoms. The minimum atomic E-state index is -1.03. The van der Waals surface area contributed by atoms with Crippen LogP contribution >= 0.6 is 0 Å². The smallest absolute Gasteiger partial charge is 0.407 e. The van der Waals surface area contributed by atoms with Crippen molar-refractivity contribution in [2.24, 2.45) is 5.92 Å². The fraction of sp³-hybridized carbons (Fsp3) is 0.364. The summed E-state index contributed by atoms with van der Waals surface area (Å²) in [5.74, 6) is -1.87. The van der Waals surface area contributed by atoms with Crippen LogP contribution in [0.15, 0.2) is 78.9 Å². The van der Waals surface area contributed by atoms with Crippen LogP contribution < -0.4 is 10.6 Å². The average Bonchev–Trinajstić information content (AvgIpc) is 3.31. The number of aliphatic carboxylic acids is 1. The Kier molecular flexibility index (Phi) is 8.99. The molecule has 0 radical (unpaired) electrons. The molecule has 3 aromatic carbocycles. The van der Waals surface area contributed by atoms with Gasteiger partial charge in [-0.2, -0.15) is 0 Å². The van der Waals surface area contributed by atoms with Crippen molar-refractivity contribution in [3.63, 3.8) is 0 Å². The monoisotopic (exact) mass is 556 g/mol. The number of carbonyl (C=O) groups excluding carboxylic acids is 2. The number of hydrogen-bond donors (Lipinski definition) is 3. The van der Waals surface area contributed by atoms with E-state index >= 15 is 0 Å². The molecule has 8 nitrogen and oxygen atoms in total. The van der Waals surface area contributed by atoms with Crippen LogP contribution in [0.5, 0.6) is 0 Å². The van der Waals surface area contributed by atoms with Crippen molar-refractivity contribution in [1.29, 1.82) is 0 Å². The highest BCUT2D eigenvalue weighted by atomic mass is 16.5. The SMILES string of the molecule is C[C@H](OCc1ccccc1)[C@@H](NC(=O)OCC1c2ccccc2-c2ccccc21)C(=O)N[C@@H]1CCC[C@H](C(=O)O)C1. The molecule has 3 aromatic rings. The second kappa shape index (κ2) is 13.0. The van der Waals surface area contributed by atoms with Gasteiger partial charge in [-0.15, -0.1) is 0 Å². The van der Waals surface area contributed by atoms with E-state index in [1.54, 1.807) is 6.92 Å². The molecule has 2 aliphatic carbocycles. The summed E-state index contributed by atoms with van der Waals surface area (Å²) in [5, 5.41) is 15.1. The zero-order chi connectivity index (χ0) is 28.8. The van der Waals surface area contributed by atoms with E-state index in [2.05, 4.69) is 22.8 Å². The first-order valence-electron chi connectivity index (χ1n) is 14.2. The van der Waals surface area contributed by atoms with E-state index in [1.165, 1.54) is 0 Å². The van der Waals surface area contributed by atoms with Gasteiger partial charge in [0, 0.05) is 12.0 Å². The zero-order valence-corrected chi connectivity index (χ0v) is 23.1. The molecule has 41 heavy (non-hydrogen) atoms. The Labute approximate surface area is 240 Å². The van der Waals surface area contributed by atoms with Crippen LogP contribution in [0.25, 0.3) is 11.1 Å². The number of ether oxygens (including phenoxy) is 2. The largest absolute Gasteiger partial charge is 0.481 e. The Bertz CT molecular complexity index is 1330. The maximum absolute atomic E-state index is 13.5. The number of carbonyl (C=O) groups is 3. The number of carboxylic acids is 1. The first kappa shape index (κ1) is 28.4. The number of rotatable bonds is 10. The van der Waals surface area contributed by atoms with Crippen LogP contribution in [0.1, 0.15) is 55.2 Å². The topological polar surface area (TPSA) is 114 Å². The molecule has 1 fully saturated rings. The third kappa shape index (κ3) is 6.77. The predicted molar refractivity (Wildman–Crippen MR) is 154 cm³/mol. The highest BCUT2D eigenvalue weighted by Crippen LogP contribution is 2.44. The van der Waals surface area contributed by atoms with E-state index in [-0.39, 0.29) is 25.2 Å². The third-order valence-electron chi connectivity index (χ3n) is 8.09. The fourth-order valence-corrected chi connectivity index (χ4v) is 5.90. The summed E-state index contributed by atoms with van der Waals surface area (Å²) >= 11 is 0. The molecule has 0 heterocycles. The normalized spacial score (nSPS) is 19.3. The van der Waals surface area contributed by atoms with E-state index in [0.29, 0.717) is 25.7 Å². The molecule has 2 amide bonds. The van der Waals surface area contributed by atoms with Crippen molar-refractivity contribution in [1.82, 2.24) is 10.6 Å². The molecular weight excluding hydrogens is 520 g/mol. The zero-order valence-electron chi connectivity index (χ0n) is 23.1. The van der Waals surface area contributed by atoms with E-state index in [4.69, 9.17) is 9.47 Å². The Morgan fingerprint density at radius 3 is 2.20 bits per heavy atom. The van der Waals surface area contributed by atoms with Crippen LogP contribution in [-0.2, 0) is 25.7 Å². The lowest BCUT2D eigenvalue weighted by Gasteiger charge is -2.30. The summed E-state index contributed by atoms with van der Waals surface area (Å²) in [6.45, 7) is 2.12. The van der Waals surface area contributed by atoms with Crippen molar-refractivity contribution in [2.45, 2.75) is 63.3 Å². The minimum absolute atomic E-state index is 0.109. The molecule has 4 atom stereocenters. The molecule has 2 aliphatic rings. The van der Waals surface area contributed by atoms with Crippen LogP contribution in [0.4, 0.5) is 4.79 Å². The Hall–Kier alpha value is -4.17. The standard InChI is InChI=1S/C33H36N2O6/c1-21(40-19-22-10-3-2-4-11-22)30(31(36)34-24-13-9-12-23(18-24)32(37)38)35-33(39)41-20-29-27-16-7-5-14-25(27)26-15-6-8-17-28(26)29/h2-8,10-11,14-17,21,23-24,29-30H,9,12-13,18-20H2,1H3,(H,34,36)(H,35,39)(H,37,38)/t21-,23-,24+,30+/m0/s1. The summed E-state index contributed by atoms with van der Waals surface area (Å²) in [4.78, 5) is 38.1. The molecular formula is C33H36N2O6. The van der Waals surface area contributed by atoms with Gasteiger partial charge >= 0.3 is 12.1 Å². The summed E-state index contributed by atoms with van der Waals surface area (Å²) in [7, 11) is 0. The molecule has 8 heteroatoms. The molecule has 0 saturated heterocycles. The average molecular weight is 557 g/mol. The highest BCUT2D eigenvalue weighted by Gasteiger charge is 2.34. The molecule has 0 aromatic heterocycles. The summed E-state index contributed by atoms with van der Waals surface area (Å²) in [6, 6.07) is 24.4. The van der Waals surface area contributed by atoms with Gasteiger partial charge in [0.2, 0.25) is 5.91 Å². The van der Waals surface area contributed by atoms with Crippen molar-refractivity contribution in [3.8, 4) is 11.1 Å². The van der Waals surface area contributed by atoms with Crippen molar-refractivity contribution >= 4 is 18.0 Å². The molecule has 3 N–H and O–H groups in total. The van der Waals surface area contributed by atoms with E-state index in [9.17, 15) is 19.5 Å². The highest BCUT2D eigenvalue weighted by molar-refractivity contribution is 5.86. The van der Waals surface area contributed by atoms with Gasteiger partial charge in [0.1, 0.15) is 12.6 Å². The van der Waals surface area contributed by atoms with E-state index in [1.807, 2.05) is 66.7 Å². The lowest BCUT2D eigenvalue weighted by Crippen LogP contribution is -2.55. The number of amides is 2. The summed E-state index contributed by atoms with van der Waals surface area (Å²) < 4.78 is 11.7. The molecule has 1 saturated carbocycles. The van der Waals surface area contributed by atoms with Gasteiger partial charge in [0.15, 0.2) is 0 Å². The van der Waals surface area contributed by atoms with Crippen molar-refractivity contribution in [3.05, 3.63) is 95.6 Å². The van der Waals surface area contributed by atoms with Gasteiger partial charge in [-0.05, 0) is 54.0 Å². The van der Waals surface area contributed by atoms with Crippen LogP contribution in [0.3, 0.4) is 0 Å². The second-order valence-electron chi connectivity index (χ2n) is 10.9. The first-order valence-corrected chi connectivity index (χ1v) is 14.2. The Morgan fingerprint density at radius 1 is 0.902 bits per heavy atom. The lowest BCUT2D eigenvalue weighted by molar-refractivity contribution is -0.143. The van der Waals surface area contributed by atoms with Crippen molar-refractivity contribution < 1.29 is 29.0 Å². The molecule has 0 bridgehead atoms. The van der Waals surface area contributed by atoms with Crippen molar-refractivity contribution in [2.75, 3.05) is 6.61 Å². The van der Waals surface area contributed by atoms with Gasteiger partial charge < -0.3 is 25.2 Å². The van der Waals surface area contributed by atoms with Gasteiger partial charge in [-0.1, -0.05) is 85.3 Å². The lowest BCUT2D eigenvalue weighted by atomic mass is 9.85. The third-order valence-corrected chi connectivity index (χ3v) is 8.09. The van der Waals surface area contributed by atoms with E-state index in [0.717, 1.165) is 27.8 Å². The number of nitrogens with one attached hydrogen (secondary N) is 2. The number of fused-ring (bicyclic) bond motifs is 3. The first-order chi connectivity index (χ1) is 19.9. The van der Waals surface area contributed by atoms with Crippen LogP contribution in [0, 0.1) is 5.92 Å². The van der Waals surface area contributed by atoms with Gasteiger partial charge in [-0.3, -0.25) is 9.59 Å². The second-order valence-corrected chi connectivity index (χ2v) is 10.9. The Balaban J connectivity index is 1.26. The molecule has 214 valence electrons. The number of carboxylic acid groups (broad SMARTS) is 1. The Morgan fingerprint density at radius 2 is 1.54 bits per heavy atom. The predicted octanol–water partition coefficient (Wildman–Crippen LogP) is 5.26. The quantitative estimate of drug-likeness (QED) is 0.314. The van der Waals surface area contributed by atoms with Crippen LogP contribution in [0.2, 0.25) is 0 Å². The van der Waals surface area contributed by atoms with Gasteiger partial charge in [-0.25, -0.2) is 4.79 Å². The number of hydrogen-bond acceptors (Lipinski definition) is 5.